The lowest BCUT2D eigenvalue weighted by atomic mass is 10.0. The van der Waals surface area contributed by atoms with Crippen LogP contribution in [0.2, 0.25) is 0 Å². The van der Waals surface area contributed by atoms with Gasteiger partial charge in [-0.05, 0) is 24.4 Å². The number of nitrogens with one attached hydrogen (secondary N) is 1. The predicted octanol–water partition coefficient (Wildman–Crippen LogP) is 2.23. The summed E-state index contributed by atoms with van der Waals surface area (Å²) in [4.78, 5) is 8.92. The van der Waals surface area contributed by atoms with Crippen LogP contribution in [0.1, 0.15) is 5.69 Å². The molecule has 0 aliphatic carbocycles. The first-order valence-electron chi connectivity index (χ1n) is 6.12. The van der Waals surface area contributed by atoms with Gasteiger partial charge in [-0.1, -0.05) is 18.2 Å². The Morgan fingerprint density at radius 3 is 2.42 bits per heavy atom. The van der Waals surface area contributed by atoms with Gasteiger partial charge in [0.05, 0.1) is 11.4 Å². The number of rotatable bonds is 2. The number of hydrogen-bond acceptors (Lipinski definition) is 4. The number of benzene rings is 1. The van der Waals surface area contributed by atoms with E-state index < -0.39 is 0 Å². The van der Waals surface area contributed by atoms with E-state index in [1.165, 1.54) is 0 Å². The van der Waals surface area contributed by atoms with Gasteiger partial charge in [0.25, 0.3) is 0 Å². The highest BCUT2D eigenvalue weighted by Gasteiger charge is 2.11. The van der Waals surface area contributed by atoms with Crippen LogP contribution in [0.15, 0.2) is 55.0 Å². The van der Waals surface area contributed by atoms with Crippen LogP contribution < -0.4 is 11.1 Å². The minimum atomic E-state index is 0.746. The van der Waals surface area contributed by atoms with Crippen LogP contribution in [-0.2, 0) is 0 Å². The summed E-state index contributed by atoms with van der Waals surface area (Å²) >= 11 is 0. The third-order valence-corrected chi connectivity index (χ3v) is 2.98. The standard InChI is InChI=1S/C15H14N4/c16-13-3-1-11(2-4-13)14-15(19-10-9-18-14)12-5-7-17-8-6-12/h1-7,9-10,17H,8,16H2. The second kappa shape index (κ2) is 4.94. The Hall–Kier alpha value is -2.62. The highest BCUT2D eigenvalue weighted by molar-refractivity contribution is 5.82. The summed E-state index contributed by atoms with van der Waals surface area (Å²) in [5, 5.41) is 3.13. The second-order valence-electron chi connectivity index (χ2n) is 4.28. The zero-order valence-electron chi connectivity index (χ0n) is 10.4. The van der Waals surface area contributed by atoms with Crippen LogP contribution >= 0.6 is 0 Å². The zero-order valence-corrected chi connectivity index (χ0v) is 10.4. The maximum absolute atomic E-state index is 5.72. The van der Waals surface area contributed by atoms with E-state index in [0.717, 1.165) is 34.8 Å². The highest BCUT2D eigenvalue weighted by Crippen LogP contribution is 2.26. The van der Waals surface area contributed by atoms with Gasteiger partial charge < -0.3 is 11.1 Å². The lowest BCUT2D eigenvalue weighted by Crippen LogP contribution is -2.09. The Bertz CT molecular complexity index is 641. The van der Waals surface area contributed by atoms with Crippen molar-refractivity contribution in [1.29, 1.82) is 0 Å². The molecule has 1 aliphatic heterocycles. The van der Waals surface area contributed by atoms with Crippen molar-refractivity contribution in [3.05, 3.63) is 60.7 Å². The van der Waals surface area contributed by atoms with E-state index in [0.29, 0.717) is 0 Å². The fraction of sp³-hybridized carbons (Fsp3) is 0.0667. The first-order chi connectivity index (χ1) is 9.34. The van der Waals surface area contributed by atoms with Gasteiger partial charge in [0.2, 0.25) is 0 Å². The summed E-state index contributed by atoms with van der Waals surface area (Å²) in [5.74, 6) is 0. The van der Waals surface area contributed by atoms with Gasteiger partial charge in [0, 0.05) is 35.8 Å². The minimum Gasteiger partial charge on any atom is -0.399 e. The van der Waals surface area contributed by atoms with E-state index in [1.807, 2.05) is 36.5 Å². The number of nitrogens with zero attached hydrogens (tertiary/aromatic N) is 2. The normalized spacial score (nSPS) is 13.8. The number of anilines is 1. The van der Waals surface area contributed by atoms with E-state index >= 15 is 0 Å². The molecule has 1 aliphatic rings. The maximum Gasteiger partial charge on any atom is 0.0965 e. The topological polar surface area (TPSA) is 63.8 Å². The molecule has 1 aromatic carbocycles. The van der Waals surface area contributed by atoms with Crippen molar-refractivity contribution in [3.63, 3.8) is 0 Å². The van der Waals surface area contributed by atoms with E-state index in [2.05, 4.69) is 21.4 Å². The Morgan fingerprint density at radius 1 is 1.00 bits per heavy atom. The fourth-order valence-electron chi connectivity index (χ4n) is 2.03. The third-order valence-electron chi connectivity index (χ3n) is 2.98. The van der Waals surface area contributed by atoms with Crippen molar-refractivity contribution in [2.45, 2.75) is 0 Å². The number of dihydropyridines is 1. The Labute approximate surface area is 111 Å². The third kappa shape index (κ3) is 2.33. The van der Waals surface area contributed by atoms with Gasteiger partial charge in [0.15, 0.2) is 0 Å². The maximum atomic E-state index is 5.72. The minimum absolute atomic E-state index is 0.746. The Kier molecular flexibility index (Phi) is 2.98. The molecule has 2 heterocycles. The van der Waals surface area contributed by atoms with Crippen LogP contribution in [0, 0.1) is 0 Å². The molecule has 2 aromatic rings. The molecule has 0 fully saturated rings. The molecule has 0 saturated heterocycles. The van der Waals surface area contributed by atoms with Crippen LogP contribution in [0.25, 0.3) is 16.8 Å². The quantitative estimate of drug-likeness (QED) is 0.802. The van der Waals surface area contributed by atoms with E-state index in [9.17, 15) is 0 Å². The number of allylic oxidation sites excluding steroid dienone is 2. The molecule has 0 radical (unpaired) electrons. The number of aromatic nitrogens is 2. The summed E-state index contributed by atoms with van der Waals surface area (Å²) in [6, 6.07) is 7.68. The van der Waals surface area contributed by atoms with Gasteiger partial charge in [-0.25, -0.2) is 0 Å². The average Bonchev–Trinajstić information content (AvgIpc) is 2.49. The molecule has 0 spiro atoms. The zero-order chi connectivity index (χ0) is 13.1. The van der Waals surface area contributed by atoms with E-state index in [1.54, 1.807) is 12.4 Å². The molecule has 0 unspecified atom stereocenters. The predicted molar refractivity (Wildman–Crippen MR) is 77.0 cm³/mol. The molecular weight excluding hydrogens is 236 g/mol. The van der Waals surface area contributed by atoms with Crippen molar-refractivity contribution >= 4 is 11.3 Å². The van der Waals surface area contributed by atoms with E-state index in [-0.39, 0.29) is 0 Å². The summed E-state index contributed by atoms with van der Waals surface area (Å²) in [6.45, 7) is 0.809. The van der Waals surface area contributed by atoms with Crippen LogP contribution in [-0.4, -0.2) is 16.5 Å². The first-order valence-corrected chi connectivity index (χ1v) is 6.12. The van der Waals surface area contributed by atoms with Crippen molar-refractivity contribution < 1.29 is 0 Å². The molecule has 0 saturated carbocycles. The van der Waals surface area contributed by atoms with Gasteiger partial charge in [-0.2, -0.15) is 0 Å². The molecular formula is C15H14N4. The summed E-state index contributed by atoms with van der Waals surface area (Å²) in [5.41, 5.74) is 10.3. The van der Waals surface area contributed by atoms with Crippen molar-refractivity contribution in [1.82, 2.24) is 15.3 Å². The van der Waals surface area contributed by atoms with Crippen LogP contribution in [0.3, 0.4) is 0 Å². The Morgan fingerprint density at radius 2 is 1.74 bits per heavy atom. The average molecular weight is 250 g/mol. The molecule has 4 heteroatoms. The van der Waals surface area contributed by atoms with Crippen LogP contribution in [0.4, 0.5) is 5.69 Å². The summed E-state index contributed by atoms with van der Waals surface area (Å²) < 4.78 is 0. The summed E-state index contributed by atoms with van der Waals surface area (Å²) in [6.07, 6.45) is 9.46. The van der Waals surface area contributed by atoms with Crippen LogP contribution in [0.5, 0.6) is 0 Å². The van der Waals surface area contributed by atoms with Gasteiger partial charge in [-0.3, -0.25) is 9.97 Å². The number of nitrogen functional groups attached to an aromatic ring is 1. The molecule has 94 valence electrons. The number of nitrogens with two attached hydrogens (primary N) is 1. The smallest absolute Gasteiger partial charge is 0.0965 e. The largest absolute Gasteiger partial charge is 0.399 e. The molecule has 1 aromatic heterocycles. The molecule has 4 nitrogen and oxygen atoms in total. The molecule has 0 amide bonds. The number of hydrogen-bond donors (Lipinski definition) is 2. The molecule has 19 heavy (non-hydrogen) atoms. The monoisotopic (exact) mass is 250 g/mol. The van der Waals surface area contributed by atoms with Gasteiger partial charge >= 0.3 is 0 Å². The van der Waals surface area contributed by atoms with Crippen molar-refractivity contribution in [2.75, 3.05) is 12.3 Å². The first kappa shape index (κ1) is 11.5. The van der Waals surface area contributed by atoms with Gasteiger partial charge in [-0.15, -0.1) is 0 Å². The lowest BCUT2D eigenvalue weighted by Gasteiger charge is -2.11. The molecule has 0 bridgehead atoms. The van der Waals surface area contributed by atoms with Gasteiger partial charge in [0.1, 0.15) is 0 Å². The molecule has 3 N–H and O–H groups in total. The Balaban J connectivity index is 2.09. The van der Waals surface area contributed by atoms with Crippen molar-refractivity contribution in [3.8, 4) is 11.3 Å². The van der Waals surface area contributed by atoms with E-state index in [4.69, 9.17) is 5.73 Å². The molecule has 0 atom stereocenters. The molecule has 3 rings (SSSR count). The second-order valence-corrected chi connectivity index (χ2v) is 4.28. The SMILES string of the molecule is Nc1ccc(-c2nccnc2C2=CCNC=C2)cc1. The fourth-order valence-corrected chi connectivity index (χ4v) is 2.03. The lowest BCUT2D eigenvalue weighted by molar-refractivity contribution is 0.973. The van der Waals surface area contributed by atoms with Crippen molar-refractivity contribution in [2.24, 2.45) is 0 Å². The summed E-state index contributed by atoms with van der Waals surface area (Å²) in [7, 11) is 0. The highest BCUT2D eigenvalue weighted by atomic mass is 14.8.